The second kappa shape index (κ2) is 7.21. The van der Waals surface area contributed by atoms with Crippen molar-refractivity contribution in [1.29, 1.82) is 0 Å². The van der Waals surface area contributed by atoms with E-state index in [1.807, 2.05) is 50.2 Å². The van der Waals surface area contributed by atoms with Gasteiger partial charge in [-0.2, -0.15) is 0 Å². The first kappa shape index (κ1) is 16.8. The number of ether oxygens (including phenoxy) is 2. The SMILES string of the molecule is Cc1cc(N(C)C)nc(CNC(=O)/C=C/c2ccc3c(c2)OCO3)n1. The molecule has 0 fully saturated rings. The zero-order valence-electron chi connectivity index (χ0n) is 14.4. The molecular formula is C18H20N4O3. The summed E-state index contributed by atoms with van der Waals surface area (Å²) < 4.78 is 10.6. The number of hydrogen-bond acceptors (Lipinski definition) is 6. The topological polar surface area (TPSA) is 76.6 Å². The third-order valence-electron chi connectivity index (χ3n) is 3.59. The molecule has 1 aliphatic rings. The van der Waals surface area contributed by atoms with Crippen LogP contribution in [0.4, 0.5) is 5.82 Å². The van der Waals surface area contributed by atoms with Gasteiger partial charge in [0.25, 0.3) is 0 Å². The number of carbonyl (C=O) groups excluding carboxylic acids is 1. The lowest BCUT2D eigenvalue weighted by molar-refractivity contribution is -0.116. The number of nitrogens with zero attached hydrogens (tertiary/aromatic N) is 3. The fraction of sp³-hybridized carbons (Fsp3) is 0.278. The maximum atomic E-state index is 12.0. The van der Waals surface area contributed by atoms with Crippen molar-refractivity contribution in [2.24, 2.45) is 0 Å². The monoisotopic (exact) mass is 340 g/mol. The number of rotatable bonds is 5. The molecule has 0 radical (unpaired) electrons. The molecule has 25 heavy (non-hydrogen) atoms. The molecule has 7 nitrogen and oxygen atoms in total. The van der Waals surface area contributed by atoms with E-state index in [0.717, 1.165) is 22.8 Å². The molecule has 2 heterocycles. The quantitative estimate of drug-likeness (QED) is 0.838. The van der Waals surface area contributed by atoms with Gasteiger partial charge < -0.3 is 19.7 Å². The molecule has 0 bridgehead atoms. The summed E-state index contributed by atoms with van der Waals surface area (Å²) in [5.74, 6) is 2.58. The number of nitrogens with one attached hydrogen (secondary N) is 1. The highest BCUT2D eigenvalue weighted by molar-refractivity contribution is 5.91. The molecule has 7 heteroatoms. The highest BCUT2D eigenvalue weighted by Crippen LogP contribution is 2.32. The third-order valence-corrected chi connectivity index (χ3v) is 3.59. The molecule has 1 aromatic heterocycles. The molecule has 0 atom stereocenters. The van der Waals surface area contributed by atoms with Crippen molar-refractivity contribution >= 4 is 17.8 Å². The smallest absolute Gasteiger partial charge is 0.244 e. The first-order valence-corrected chi connectivity index (χ1v) is 7.89. The molecule has 0 spiro atoms. The van der Waals surface area contributed by atoms with Gasteiger partial charge in [0.15, 0.2) is 11.5 Å². The molecule has 1 aliphatic heterocycles. The first-order valence-electron chi connectivity index (χ1n) is 7.89. The fourth-order valence-corrected chi connectivity index (χ4v) is 2.33. The Kier molecular flexibility index (Phi) is 4.83. The second-order valence-corrected chi connectivity index (χ2v) is 5.84. The van der Waals surface area contributed by atoms with Crippen LogP contribution in [-0.2, 0) is 11.3 Å². The van der Waals surface area contributed by atoms with Gasteiger partial charge in [0, 0.05) is 31.9 Å². The maximum Gasteiger partial charge on any atom is 0.244 e. The lowest BCUT2D eigenvalue weighted by Crippen LogP contribution is -2.22. The molecule has 3 rings (SSSR count). The Labute approximate surface area is 146 Å². The Morgan fingerprint density at radius 3 is 2.84 bits per heavy atom. The van der Waals surface area contributed by atoms with Crippen molar-refractivity contribution < 1.29 is 14.3 Å². The third kappa shape index (κ3) is 4.26. The van der Waals surface area contributed by atoms with E-state index in [9.17, 15) is 4.79 Å². The molecule has 0 saturated carbocycles. The maximum absolute atomic E-state index is 12.0. The molecule has 0 aliphatic carbocycles. The molecular weight excluding hydrogens is 320 g/mol. The largest absolute Gasteiger partial charge is 0.454 e. The lowest BCUT2D eigenvalue weighted by atomic mass is 10.2. The van der Waals surface area contributed by atoms with E-state index in [2.05, 4.69) is 15.3 Å². The minimum atomic E-state index is -0.214. The van der Waals surface area contributed by atoms with Gasteiger partial charge in [-0.1, -0.05) is 6.07 Å². The molecule has 0 unspecified atom stereocenters. The Bertz CT molecular complexity index is 818. The van der Waals surface area contributed by atoms with Crippen LogP contribution in [0.25, 0.3) is 6.08 Å². The van der Waals surface area contributed by atoms with Crippen LogP contribution in [0.2, 0.25) is 0 Å². The molecule has 1 aromatic carbocycles. The van der Waals surface area contributed by atoms with Crippen LogP contribution in [0.15, 0.2) is 30.3 Å². The van der Waals surface area contributed by atoms with Gasteiger partial charge in [0.1, 0.15) is 11.6 Å². The zero-order valence-corrected chi connectivity index (χ0v) is 14.4. The summed E-state index contributed by atoms with van der Waals surface area (Å²) in [5, 5.41) is 2.79. The number of carbonyl (C=O) groups is 1. The van der Waals surface area contributed by atoms with Crippen molar-refractivity contribution in [3.8, 4) is 11.5 Å². The van der Waals surface area contributed by atoms with Crippen molar-refractivity contribution in [3.05, 3.63) is 47.4 Å². The van der Waals surface area contributed by atoms with Crippen LogP contribution in [0.3, 0.4) is 0 Å². The molecule has 1 amide bonds. The summed E-state index contributed by atoms with van der Waals surface area (Å²) in [5.41, 5.74) is 1.72. The Morgan fingerprint density at radius 1 is 1.24 bits per heavy atom. The van der Waals surface area contributed by atoms with Crippen LogP contribution >= 0.6 is 0 Å². The fourth-order valence-electron chi connectivity index (χ4n) is 2.33. The molecule has 130 valence electrons. The van der Waals surface area contributed by atoms with Gasteiger partial charge in [-0.25, -0.2) is 9.97 Å². The second-order valence-electron chi connectivity index (χ2n) is 5.84. The Morgan fingerprint density at radius 2 is 2.04 bits per heavy atom. The molecule has 0 saturated heterocycles. The highest BCUT2D eigenvalue weighted by atomic mass is 16.7. The van der Waals surface area contributed by atoms with Gasteiger partial charge in [-0.05, 0) is 30.7 Å². The van der Waals surface area contributed by atoms with Crippen LogP contribution in [-0.4, -0.2) is 36.8 Å². The van der Waals surface area contributed by atoms with Gasteiger partial charge >= 0.3 is 0 Å². The van der Waals surface area contributed by atoms with Crippen LogP contribution < -0.4 is 19.7 Å². The summed E-state index contributed by atoms with van der Waals surface area (Å²) in [6.45, 7) is 2.40. The Balaban J connectivity index is 1.59. The van der Waals surface area contributed by atoms with Crippen molar-refractivity contribution in [2.45, 2.75) is 13.5 Å². The standard InChI is InChI=1S/C18H20N4O3/c1-12-8-17(22(2)3)21-16(20-12)10-19-18(23)7-5-13-4-6-14-15(9-13)25-11-24-14/h4-9H,10-11H2,1-3H3,(H,19,23)/b7-5+. The summed E-state index contributed by atoms with van der Waals surface area (Å²) in [4.78, 5) is 22.7. The minimum absolute atomic E-state index is 0.214. The number of benzene rings is 1. The van der Waals surface area contributed by atoms with Crippen LogP contribution in [0, 0.1) is 6.92 Å². The van der Waals surface area contributed by atoms with Crippen molar-refractivity contribution in [3.63, 3.8) is 0 Å². The normalized spacial score (nSPS) is 12.4. The number of aryl methyl sites for hydroxylation is 1. The number of anilines is 1. The zero-order chi connectivity index (χ0) is 17.8. The average molecular weight is 340 g/mol. The van der Waals surface area contributed by atoms with E-state index in [0.29, 0.717) is 11.6 Å². The van der Waals surface area contributed by atoms with Gasteiger partial charge in [-0.3, -0.25) is 4.79 Å². The lowest BCUT2D eigenvalue weighted by Gasteiger charge is -2.13. The van der Waals surface area contributed by atoms with E-state index < -0.39 is 0 Å². The predicted octanol–water partition coefficient (Wildman–Crippen LogP) is 1.91. The summed E-state index contributed by atoms with van der Waals surface area (Å²) >= 11 is 0. The Hall–Kier alpha value is -3.09. The predicted molar refractivity (Wildman–Crippen MR) is 94.5 cm³/mol. The van der Waals surface area contributed by atoms with Crippen LogP contribution in [0.5, 0.6) is 11.5 Å². The van der Waals surface area contributed by atoms with Gasteiger partial charge in [-0.15, -0.1) is 0 Å². The average Bonchev–Trinajstić information content (AvgIpc) is 3.05. The summed E-state index contributed by atoms with van der Waals surface area (Å²) in [6, 6.07) is 7.41. The van der Waals surface area contributed by atoms with E-state index in [1.165, 1.54) is 6.08 Å². The van der Waals surface area contributed by atoms with E-state index in [1.54, 1.807) is 6.08 Å². The number of fused-ring (bicyclic) bond motifs is 1. The van der Waals surface area contributed by atoms with E-state index in [-0.39, 0.29) is 19.2 Å². The van der Waals surface area contributed by atoms with Crippen molar-refractivity contribution in [2.75, 3.05) is 25.8 Å². The van der Waals surface area contributed by atoms with E-state index in [4.69, 9.17) is 9.47 Å². The minimum Gasteiger partial charge on any atom is -0.454 e. The van der Waals surface area contributed by atoms with E-state index >= 15 is 0 Å². The number of amides is 1. The first-order chi connectivity index (χ1) is 12.0. The number of hydrogen-bond donors (Lipinski definition) is 1. The van der Waals surface area contributed by atoms with Gasteiger partial charge in [0.2, 0.25) is 12.7 Å². The summed E-state index contributed by atoms with van der Waals surface area (Å²) in [7, 11) is 3.83. The highest BCUT2D eigenvalue weighted by Gasteiger charge is 2.12. The molecule has 2 aromatic rings. The van der Waals surface area contributed by atoms with Crippen molar-refractivity contribution in [1.82, 2.24) is 15.3 Å². The molecule has 1 N–H and O–H groups in total. The summed E-state index contributed by atoms with van der Waals surface area (Å²) in [6.07, 6.45) is 3.19. The van der Waals surface area contributed by atoms with Crippen LogP contribution in [0.1, 0.15) is 17.1 Å². The van der Waals surface area contributed by atoms with Gasteiger partial charge in [0.05, 0.1) is 6.54 Å². The number of aromatic nitrogens is 2.